The van der Waals surface area contributed by atoms with Gasteiger partial charge in [-0.1, -0.05) is 23.2 Å². The van der Waals surface area contributed by atoms with Crippen LogP contribution in [0.25, 0.3) is 16.9 Å². The Morgan fingerprint density at radius 1 is 1.35 bits per heavy atom. The van der Waals surface area contributed by atoms with Gasteiger partial charge in [0.1, 0.15) is 0 Å². The summed E-state index contributed by atoms with van der Waals surface area (Å²) >= 11 is 12.2. The molecule has 0 saturated carbocycles. The minimum Gasteiger partial charge on any atom is -0.300 e. The van der Waals surface area contributed by atoms with Gasteiger partial charge >= 0.3 is 0 Å². The number of nitriles is 1. The molecule has 3 heterocycles. The van der Waals surface area contributed by atoms with Crippen molar-refractivity contribution in [3.63, 3.8) is 0 Å². The monoisotopic (exact) mass is 302 g/mol. The Labute approximate surface area is 125 Å². The Balaban J connectivity index is 2.35. The standard InChI is InChI=1S/C14H8Cl2N4/c15-10-6-11(16)14-19-13(9-2-1-5-18-7-9)12(3-4-17)20(14)8-10/h1-2,5-8H,3H2. The number of imidazole rings is 1. The molecule has 3 aromatic heterocycles. The lowest BCUT2D eigenvalue weighted by molar-refractivity contribution is 1.06. The summed E-state index contributed by atoms with van der Waals surface area (Å²) in [5, 5.41) is 9.98. The summed E-state index contributed by atoms with van der Waals surface area (Å²) in [5.41, 5.74) is 2.87. The highest BCUT2D eigenvalue weighted by atomic mass is 35.5. The lowest BCUT2D eigenvalue weighted by Gasteiger charge is -2.02. The Kier molecular flexibility index (Phi) is 3.31. The van der Waals surface area contributed by atoms with Gasteiger partial charge in [-0.3, -0.25) is 9.38 Å². The van der Waals surface area contributed by atoms with Crippen LogP contribution in [0.15, 0.2) is 36.8 Å². The number of nitrogens with zero attached hydrogens (tertiary/aromatic N) is 4. The molecule has 0 bridgehead atoms. The minimum absolute atomic E-state index is 0.210. The summed E-state index contributed by atoms with van der Waals surface area (Å²) in [4.78, 5) is 8.60. The molecule has 0 aliphatic rings. The Morgan fingerprint density at radius 2 is 2.20 bits per heavy atom. The third-order valence-electron chi connectivity index (χ3n) is 2.92. The van der Waals surface area contributed by atoms with Crippen molar-refractivity contribution in [2.75, 3.05) is 0 Å². The molecule has 0 saturated heterocycles. The molecule has 0 aliphatic heterocycles. The van der Waals surface area contributed by atoms with Crippen molar-refractivity contribution in [3.05, 3.63) is 52.5 Å². The van der Waals surface area contributed by atoms with Crippen LogP contribution in [-0.2, 0) is 6.42 Å². The van der Waals surface area contributed by atoms with Crippen LogP contribution in [0.5, 0.6) is 0 Å². The molecule has 3 rings (SSSR count). The first-order valence-electron chi connectivity index (χ1n) is 5.84. The molecule has 0 aromatic carbocycles. The van der Waals surface area contributed by atoms with E-state index in [1.807, 2.05) is 12.1 Å². The SMILES string of the molecule is N#CCc1c(-c2cccnc2)nc2c(Cl)cc(Cl)cn12. The smallest absolute Gasteiger partial charge is 0.156 e. The summed E-state index contributed by atoms with van der Waals surface area (Å²) in [5.74, 6) is 0. The van der Waals surface area contributed by atoms with E-state index in [1.54, 1.807) is 29.1 Å². The molecule has 0 atom stereocenters. The third kappa shape index (κ3) is 2.11. The number of aromatic nitrogens is 3. The highest BCUT2D eigenvalue weighted by Gasteiger charge is 2.16. The van der Waals surface area contributed by atoms with Crippen molar-refractivity contribution < 1.29 is 0 Å². The van der Waals surface area contributed by atoms with E-state index in [0.717, 1.165) is 11.3 Å². The Bertz CT molecular complexity index is 819. The highest BCUT2D eigenvalue weighted by molar-refractivity contribution is 6.36. The maximum Gasteiger partial charge on any atom is 0.156 e. The van der Waals surface area contributed by atoms with Gasteiger partial charge in [-0.2, -0.15) is 5.26 Å². The summed E-state index contributed by atoms with van der Waals surface area (Å²) in [6, 6.07) is 7.49. The molecule has 0 fully saturated rings. The average Bonchev–Trinajstić information content (AvgIpc) is 2.80. The molecule has 6 heteroatoms. The van der Waals surface area contributed by atoms with Gasteiger partial charge in [0.25, 0.3) is 0 Å². The van der Waals surface area contributed by atoms with E-state index in [4.69, 9.17) is 28.5 Å². The lowest BCUT2D eigenvalue weighted by atomic mass is 10.1. The van der Waals surface area contributed by atoms with E-state index in [-0.39, 0.29) is 6.42 Å². The summed E-state index contributed by atoms with van der Waals surface area (Å²) in [6.45, 7) is 0. The van der Waals surface area contributed by atoms with Crippen LogP contribution in [-0.4, -0.2) is 14.4 Å². The fraction of sp³-hybridized carbons (Fsp3) is 0.0714. The molecule has 0 unspecified atom stereocenters. The Morgan fingerprint density at radius 3 is 2.90 bits per heavy atom. The van der Waals surface area contributed by atoms with Crippen molar-refractivity contribution in [1.82, 2.24) is 14.4 Å². The average molecular weight is 303 g/mol. The highest BCUT2D eigenvalue weighted by Crippen LogP contribution is 2.29. The predicted molar refractivity (Wildman–Crippen MR) is 77.8 cm³/mol. The summed E-state index contributed by atoms with van der Waals surface area (Å²) in [6.07, 6.45) is 5.32. The summed E-state index contributed by atoms with van der Waals surface area (Å²) < 4.78 is 1.76. The van der Waals surface area contributed by atoms with Crippen LogP contribution in [0.2, 0.25) is 10.0 Å². The van der Waals surface area contributed by atoms with Gasteiger partial charge in [0, 0.05) is 24.2 Å². The number of rotatable bonds is 2. The molecule has 3 aromatic rings. The summed E-state index contributed by atoms with van der Waals surface area (Å²) in [7, 11) is 0. The predicted octanol–water partition coefficient (Wildman–Crippen LogP) is 3.77. The molecule has 98 valence electrons. The molecule has 0 amide bonds. The number of hydrogen-bond acceptors (Lipinski definition) is 3. The van der Waals surface area contributed by atoms with Gasteiger partial charge < -0.3 is 0 Å². The maximum atomic E-state index is 9.03. The Hall–Kier alpha value is -2.09. The minimum atomic E-state index is 0.210. The third-order valence-corrected chi connectivity index (χ3v) is 3.41. The van der Waals surface area contributed by atoms with Crippen LogP contribution in [0.4, 0.5) is 0 Å². The molecular formula is C14H8Cl2N4. The van der Waals surface area contributed by atoms with Crippen LogP contribution in [0.1, 0.15) is 5.69 Å². The first-order valence-corrected chi connectivity index (χ1v) is 6.59. The fourth-order valence-electron chi connectivity index (χ4n) is 2.10. The van der Waals surface area contributed by atoms with Crippen molar-refractivity contribution in [1.29, 1.82) is 5.26 Å². The molecule has 0 aliphatic carbocycles. The van der Waals surface area contributed by atoms with E-state index in [1.165, 1.54) is 0 Å². The van der Waals surface area contributed by atoms with E-state index >= 15 is 0 Å². The number of hydrogen-bond donors (Lipinski definition) is 0. The largest absolute Gasteiger partial charge is 0.300 e. The van der Waals surface area contributed by atoms with E-state index < -0.39 is 0 Å². The molecule has 0 N–H and O–H groups in total. The second-order valence-electron chi connectivity index (χ2n) is 4.18. The fourth-order valence-corrected chi connectivity index (χ4v) is 2.61. The first kappa shape index (κ1) is 12.9. The zero-order chi connectivity index (χ0) is 14.1. The van der Waals surface area contributed by atoms with Crippen molar-refractivity contribution in [2.45, 2.75) is 6.42 Å². The quantitative estimate of drug-likeness (QED) is 0.724. The second kappa shape index (κ2) is 5.12. The number of halogens is 2. The number of pyridine rings is 2. The van der Waals surface area contributed by atoms with Gasteiger partial charge in [0.05, 0.1) is 33.9 Å². The molecule has 0 radical (unpaired) electrons. The van der Waals surface area contributed by atoms with Gasteiger partial charge in [-0.25, -0.2) is 4.98 Å². The second-order valence-corrected chi connectivity index (χ2v) is 5.03. The van der Waals surface area contributed by atoms with E-state index in [2.05, 4.69) is 16.0 Å². The number of fused-ring (bicyclic) bond motifs is 1. The van der Waals surface area contributed by atoms with Gasteiger partial charge in [-0.05, 0) is 18.2 Å². The van der Waals surface area contributed by atoms with Crippen molar-refractivity contribution in [3.8, 4) is 17.3 Å². The first-order chi connectivity index (χ1) is 9.70. The molecule has 20 heavy (non-hydrogen) atoms. The van der Waals surface area contributed by atoms with Gasteiger partial charge in [-0.15, -0.1) is 0 Å². The zero-order valence-electron chi connectivity index (χ0n) is 10.2. The van der Waals surface area contributed by atoms with Gasteiger partial charge in [0.15, 0.2) is 5.65 Å². The van der Waals surface area contributed by atoms with Crippen molar-refractivity contribution >= 4 is 28.8 Å². The van der Waals surface area contributed by atoms with E-state index in [0.29, 0.717) is 21.4 Å². The molecule has 4 nitrogen and oxygen atoms in total. The van der Waals surface area contributed by atoms with Crippen LogP contribution in [0, 0.1) is 11.3 Å². The lowest BCUT2D eigenvalue weighted by Crippen LogP contribution is -1.94. The maximum absolute atomic E-state index is 9.03. The zero-order valence-corrected chi connectivity index (χ0v) is 11.7. The normalized spacial score (nSPS) is 10.7. The topological polar surface area (TPSA) is 54.0 Å². The molecular weight excluding hydrogens is 295 g/mol. The van der Waals surface area contributed by atoms with E-state index in [9.17, 15) is 0 Å². The van der Waals surface area contributed by atoms with Crippen LogP contribution >= 0.6 is 23.2 Å². The molecule has 0 spiro atoms. The van der Waals surface area contributed by atoms with Gasteiger partial charge in [0.2, 0.25) is 0 Å². The van der Waals surface area contributed by atoms with Crippen LogP contribution < -0.4 is 0 Å². The van der Waals surface area contributed by atoms with Crippen LogP contribution in [0.3, 0.4) is 0 Å². The van der Waals surface area contributed by atoms with Crippen molar-refractivity contribution in [2.24, 2.45) is 0 Å².